The van der Waals surface area contributed by atoms with Gasteiger partial charge in [0.05, 0.1) is 5.02 Å². The number of carbonyl (C=O) groups is 1. The van der Waals surface area contributed by atoms with Gasteiger partial charge in [-0.3, -0.25) is 4.79 Å². The van der Waals surface area contributed by atoms with E-state index < -0.39 is 17.8 Å². The van der Waals surface area contributed by atoms with Gasteiger partial charge in [0, 0.05) is 6.54 Å². The van der Waals surface area contributed by atoms with E-state index in [0.29, 0.717) is 12.1 Å². The number of halogens is 2. The number of aliphatic carboxylic acids is 1. The van der Waals surface area contributed by atoms with Gasteiger partial charge in [-0.05, 0) is 24.6 Å². The highest BCUT2D eigenvalue weighted by atomic mass is 35.5. The molecule has 0 saturated carbocycles. The monoisotopic (exact) mass is 231 g/mol. The largest absolute Gasteiger partial charge is 0.480 e. The third kappa shape index (κ3) is 3.49. The molecule has 5 heteroatoms. The van der Waals surface area contributed by atoms with Crippen LogP contribution in [0.15, 0.2) is 18.2 Å². The zero-order valence-corrected chi connectivity index (χ0v) is 8.88. The van der Waals surface area contributed by atoms with Gasteiger partial charge in [0.1, 0.15) is 11.9 Å². The summed E-state index contributed by atoms with van der Waals surface area (Å²) in [5, 5.41) is 11.4. The molecule has 0 aliphatic heterocycles. The molecular formula is C10H11ClFNO2. The smallest absolute Gasteiger partial charge is 0.320 e. The Labute approximate surface area is 91.9 Å². The molecule has 3 nitrogen and oxygen atoms in total. The predicted molar refractivity (Wildman–Crippen MR) is 55.3 cm³/mol. The number of hydrogen-bond acceptors (Lipinski definition) is 2. The Morgan fingerprint density at radius 2 is 2.33 bits per heavy atom. The second-order valence-corrected chi connectivity index (χ2v) is 3.60. The maximum atomic E-state index is 13.0. The topological polar surface area (TPSA) is 49.3 Å². The summed E-state index contributed by atoms with van der Waals surface area (Å²) >= 11 is 5.50. The van der Waals surface area contributed by atoms with Crippen molar-refractivity contribution >= 4 is 17.6 Å². The van der Waals surface area contributed by atoms with E-state index in [-0.39, 0.29) is 5.02 Å². The maximum Gasteiger partial charge on any atom is 0.320 e. The molecule has 1 atom stereocenters. The number of carboxylic acids is 1. The summed E-state index contributed by atoms with van der Waals surface area (Å²) in [6, 6.07) is 3.71. The van der Waals surface area contributed by atoms with E-state index in [1.54, 1.807) is 6.07 Å². The first kappa shape index (κ1) is 11.9. The molecule has 0 fully saturated rings. The van der Waals surface area contributed by atoms with Gasteiger partial charge in [0.25, 0.3) is 0 Å². The molecule has 1 aromatic carbocycles. The number of benzene rings is 1. The lowest BCUT2D eigenvalue weighted by Gasteiger charge is -2.09. The summed E-state index contributed by atoms with van der Waals surface area (Å²) in [7, 11) is 0. The lowest BCUT2D eigenvalue weighted by atomic mass is 10.2. The van der Waals surface area contributed by atoms with Crippen LogP contribution in [0.5, 0.6) is 0 Å². The first-order chi connectivity index (χ1) is 7.00. The molecule has 0 aliphatic rings. The van der Waals surface area contributed by atoms with Crippen LogP contribution in [-0.2, 0) is 11.3 Å². The van der Waals surface area contributed by atoms with Crippen LogP contribution in [0, 0.1) is 5.82 Å². The summed E-state index contributed by atoms with van der Waals surface area (Å²) in [5.41, 5.74) is 0.657. The van der Waals surface area contributed by atoms with Gasteiger partial charge in [0.15, 0.2) is 0 Å². The van der Waals surface area contributed by atoms with Crippen LogP contribution in [-0.4, -0.2) is 17.1 Å². The Morgan fingerprint density at radius 1 is 1.67 bits per heavy atom. The van der Waals surface area contributed by atoms with Gasteiger partial charge in [-0.1, -0.05) is 17.7 Å². The molecule has 0 heterocycles. The molecule has 1 aromatic rings. The van der Waals surface area contributed by atoms with Crippen LogP contribution in [0.3, 0.4) is 0 Å². The summed E-state index contributed by atoms with van der Waals surface area (Å²) in [4.78, 5) is 10.5. The van der Waals surface area contributed by atoms with E-state index in [1.165, 1.54) is 19.1 Å². The summed E-state index contributed by atoms with van der Waals surface area (Å²) in [5.74, 6) is -1.44. The van der Waals surface area contributed by atoms with E-state index >= 15 is 0 Å². The van der Waals surface area contributed by atoms with E-state index in [1.807, 2.05) is 0 Å². The fraction of sp³-hybridized carbons (Fsp3) is 0.300. The highest BCUT2D eigenvalue weighted by Gasteiger charge is 2.09. The molecule has 82 valence electrons. The lowest BCUT2D eigenvalue weighted by Crippen LogP contribution is -2.33. The van der Waals surface area contributed by atoms with Gasteiger partial charge >= 0.3 is 5.97 Å². The molecule has 15 heavy (non-hydrogen) atoms. The molecule has 0 radical (unpaired) electrons. The third-order valence-corrected chi connectivity index (χ3v) is 2.27. The van der Waals surface area contributed by atoms with Crippen LogP contribution in [0.4, 0.5) is 4.39 Å². The third-order valence-electron chi connectivity index (χ3n) is 1.97. The quantitative estimate of drug-likeness (QED) is 0.834. The van der Waals surface area contributed by atoms with Crippen molar-refractivity contribution < 1.29 is 14.3 Å². The Morgan fingerprint density at radius 3 is 2.87 bits per heavy atom. The summed E-state index contributed by atoms with van der Waals surface area (Å²) < 4.78 is 13.0. The molecule has 0 bridgehead atoms. The highest BCUT2D eigenvalue weighted by Crippen LogP contribution is 2.15. The SMILES string of the molecule is C[C@@H](NCc1ccc(Cl)c(F)c1)C(=O)O. The predicted octanol–water partition coefficient (Wildman–Crippen LogP) is 2.04. The maximum absolute atomic E-state index is 13.0. The van der Waals surface area contributed by atoms with Gasteiger partial charge in [-0.25, -0.2) is 4.39 Å². The minimum Gasteiger partial charge on any atom is -0.480 e. The standard InChI is InChI=1S/C10H11ClFNO2/c1-6(10(14)15)13-5-7-2-3-8(11)9(12)4-7/h2-4,6,13H,5H2,1H3,(H,14,15)/t6-/m1/s1. The summed E-state index contributed by atoms with van der Waals surface area (Å²) in [6.45, 7) is 1.82. The summed E-state index contributed by atoms with van der Waals surface area (Å²) in [6.07, 6.45) is 0. The van der Waals surface area contributed by atoms with Crippen LogP contribution >= 0.6 is 11.6 Å². The molecule has 0 saturated heterocycles. The minimum atomic E-state index is -0.940. The van der Waals surface area contributed by atoms with Crippen molar-refractivity contribution in [3.8, 4) is 0 Å². The van der Waals surface area contributed by atoms with E-state index in [4.69, 9.17) is 16.7 Å². The molecule has 1 rings (SSSR count). The van der Waals surface area contributed by atoms with Crippen molar-refractivity contribution in [2.24, 2.45) is 0 Å². The van der Waals surface area contributed by atoms with Crippen LogP contribution in [0.2, 0.25) is 5.02 Å². The molecule has 0 spiro atoms. The van der Waals surface area contributed by atoms with Crippen molar-refractivity contribution in [2.45, 2.75) is 19.5 Å². The number of rotatable bonds is 4. The molecular weight excluding hydrogens is 221 g/mol. The molecule has 0 unspecified atom stereocenters. The zero-order valence-electron chi connectivity index (χ0n) is 8.13. The van der Waals surface area contributed by atoms with E-state index in [0.717, 1.165) is 0 Å². The Kier molecular flexibility index (Phi) is 4.05. The van der Waals surface area contributed by atoms with Crippen molar-refractivity contribution in [1.82, 2.24) is 5.32 Å². The highest BCUT2D eigenvalue weighted by molar-refractivity contribution is 6.30. The van der Waals surface area contributed by atoms with Crippen molar-refractivity contribution in [3.05, 3.63) is 34.6 Å². The number of carboxylic acid groups (broad SMARTS) is 1. The lowest BCUT2D eigenvalue weighted by molar-refractivity contribution is -0.139. The van der Waals surface area contributed by atoms with E-state index in [2.05, 4.69) is 5.32 Å². The van der Waals surface area contributed by atoms with Crippen molar-refractivity contribution in [3.63, 3.8) is 0 Å². The van der Waals surface area contributed by atoms with Crippen molar-refractivity contribution in [2.75, 3.05) is 0 Å². The van der Waals surface area contributed by atoms with Crippen molar-refractivity contribution in [1.29, 1.82) is 0 Å². The average molecular weight is 232 g/mol. The second kappa shape index (κ2) is 5.09. The molecule has 0 amide bonds. The Balaban J connectivity index is 2.58. The normalized spacial score (nSPS) is 12.5. The number of nitrogens with one attached hydrogen (secondary N) is 1. The first-order valence-corrected chi connectivity index (χ1v) is 4.78. The van der Waals surface area contributed by atoms with E-state index in [9.17, 15) is 9.18 Å². The van der Waals surface area contributed by atoms with Crippen LogP contribution < -0.4 is 5.32 Å². The Bertz CT molecular complexity index is 370. The Hall–Kier alpha value is -1.13. The molecule has 0 aromatic heterocycles. The van der Waals surface area contributed by atoms with Crippen LogP contribution in [0.1, 0.15) is 12.5 Å². The van der Waals surface area contributed by atoms with Gasteiger partial charge in [0.2, 0.25) is 0 Å². The second-order valence-electron chi connectivity index (χ2n) is 3.19. The fourth-order valence-corrected chi connectivity index (χ4v) is 1.13. The minimum absolute atomic E-state index is 0.0602. The molecule has 0 aliphatic carbocycles. The van der Waals surface area contributed by atoms with Gasteiger partial charge in [-0.2, -0.15) is 0 Å². The fourth-order valence-electron chi connectivity index (χ4n) is 1.01. The average Bonchev–Trinajstić information content (AvgIpc) is 2.19. The van der Waals surface area contributed by atoms with Gasteiger partial charge in [-0.15, -0.1) is 0 Å². The van der Waals surface area contributed by atoms with Gasteiger partial charge < -0.3 is 10.4 Å². The first-order valence-electron chi connectivity index (χ1n) is 4.41. The van der Waals surface area contributed by atoms with Crippen LogP contribution in [0.25, 0.3) is 0 Å². The molecule has 2 N–H and O–H groups in total. The number of hydrogen-bond donors (Lipinski definition) is 2. The zero-order chi connectivity index (χ0) is 11.4.